The number of rotatable bonds is 15. The summed E-state index contributed by atoms with van der Waals surface area (Å²) in [6.45, 7) is 6.91. The molecule has 52 heavy (non-hydrogen) atoms. The van der Waals surface area contributed by atoms with Crippen LogP contribution in [0.3, 0.4) is 0 Å². The van der Waals surface area contributed by atoms with Gasteiger partial charge in [0, 0.05) is 36.5 Å². The largest absolute Gasteiger partial charge is 0.497 e. The molecule has 2 heterocycles. The second-order valence-electron chi connectivity index (χ2n) is 13.3. The second kappa shape index (κ2) is 16.4. The Kier molecular flexibility index (Phi) is 12.2. The minimum absolute atomic E-state index is 0.0214. The molecule has 3 aromatic carbocycles. The average molecular weight is 733 g/mol. The van der Waals surface area contributed by atoms with Gasteiger partial charge in [-0.25, -0.2) is 13.9 Å². The number of alkyl halides is 1. The number of aromatic nitrogens is 2. The molecule has 0 bridgehead atoms. The van der Waals surface area contributed by atoms with Gasteiger partial charge in [0.15, 0.2) is 13.5 Å². The summed E-state index contributed by atoms with van der Waals surface area (Å²) in [6.07, 6.45) is -3.21. The Balaban J connectivity index is 1.66. The van der Waals surface area contributed by atoms with E-state index in [0.717, 1.165) is 27.3 Å². The number of nitriles is 1. The third kappa shape index (κ3) is 7.37. The molecule has 0 saturated carbocycles. The molecular weight excluding hydrogens is 686 g/mol. The van der Waals surface area contributed by atoms with E-state index in [1.54, 1.807) is 18.9 Å². The molecule has 0 aliphatic carbocycles. The van der Waals surface area contributed by atoms with Gasteiger partial charge in [-0.1, -0.05) is 82.3 Å². The molecule has 0 amide bonds. The van der Waals surface area contributed by atoms with Crippen molar-refractivity contribution >= 4 is 7.29 Å². The van der Waals surface area contributed by atoms with E-state index in [2.05, 4.69) is 11.1 Å². The SMILES string of the molecule is COc1ccc(C(OC[C@H]2O[C@@H](n3ccc(=O)[nH]c3=O)[C@H](N(CCC#N)P(=O)(C(C)C)C(C)C)[C@@H]2F)(c2ccccc2)c2ccc(OC)cc2)cc1. The van der Waals surface area contributed by atoms with Gasteiger partial charge in [0.2, 0.25) is 0 Å². The molecule has 4 atom stereocenters. The minimum Gasteiger partial charge on any atom is -0.497 e. The molecule has 4 aromatic rings. The van der Waals surface area contributed by atoms with Crippen LogP contribution in [-0.4, -0.2) is 71.2 Å². The highest BCUT2D eigenvalue weighted by atomic mass is 31.2. The maximum absolute atomic E-state index is 17.4. The topological polar surface area (TPSA) is 136 Å². The summed E-state index contributed by atoms with van der Waals surface area (Å²) >= 11 is 0. The second-order valence-corrected chi connectivity index (χ2v) is 17.2. The van der Waals surface area contributed by atoms with Gasteiger partial charge in [-0.3, -0.25) is 14.3 Å². The van der Waals surface area contributed by atoms with Crippen molar-refractivity contribution in [2.45, 2.75) is 75.6 Å². The van der Waals surface area contributed by atoms with E-state index in [1.165, 1.54) is 6.20 Å². The summed E-state index contributed by atoms with van der Waals surface area (Å²) < 4.78 is 59.4. The molecule has 0 spiro atoms. The molecule has 0 unspecified atom stereocenters. The van der Waals surface area contributed by atoms with E-state index in [0.29, 0.717) is 11.5 Å². The Morgan fingerprint density at radius 2 is 1.44 bits per heavy atom. The maximum Gasteiger partial charge on any atom is 0.330 e. The summed E-state index contributed by atoms with van der Waals surface area (Å²) in [5.41, 5.74) is -1.34. The van der Waals surface area contributed by atoms with Crippen LogP contribution < -0.4 is 20.7 Å². The number of H-pyrrole nitrogens is 1. The fourth-order valence-corrected chi connectivity index (χ4v) is 10.6. The highest BCUT2D eigenvalue weighted by molar-refractivity contribution is 7.62. The van der Waals surface area contributed by atoms with Crippen molar-refractivity contribution in [3.8, 4) is 17.6 Å². The zero-order valence-electron chi connectivity index (χ0n) is 30.3. The van der Waals surface area contributed by atoms with Crippen LogP contribution in [0.5, 0.6) is 11.5 Å². The average Bonchev–Trinajstić information content (AvgIpc) is 3.47. The summed E-state index contributed by atoms with van der Waals surface area (Å²) in [4.78, 5) is 27.5. The Labute approximate surface area is 303 Å². The van der Waals surface area contributed by atoms with Crippen molar-refractivity contribution in [3.63, 3.8) is 0 Å². The fraction of sp³-hybridized carbons (Fsp3) is 0.410. The molecule has 1 N–H and O–H groups in total. The lowest BCUT2D eigenvalue weighted by Gasteiger charge is -2.42. The zero-order chi connectivity index (χ0) is 37.6. The number of nitrogens with one attached hydrogen (secondary N) is 1. The van der Waals surface area contributed by atoms with Gasteiger partial charge in [-0.05, 0) is 41.0 Å². The van der Waals surface area contributed by atoms with Gasteiger partial charge in [-0.15, -0.1) is 0 Å². The molecule has 1 saturated heterocycles. The number of hydrogen-bond donors (Lipinski definition) is 1. The van der Waals surface area contributed by atoms with E-state index >= 15 is 4.39 Å². The summed E-state index contributed by atoms with van der Waals surface area (Å²) in [5, 5.41) is 9.62. The molecule has 0 radical (unpaired) electrons. The van der Waals surface area contributed by atoms with Crippen LogP contribution >= 0.6 is 7.29 Å². The predicted molar refractivity (Wildman–Crippen MR) is 197 cm³/mol. The van der Waals surface area contributed by atoms with Crippen molar-refractivity contribution in [1.82, 2.24) is 14.2 Å². The standard InChI is InChI=1S/C39H46FN4O7P/c1-26(2)52(47,27(3)4)44(23-10-22-41)36-35(40)33(51-37(36)43-24-21-34(45)42-38(43)46)25-50-39(28-11-8-7-9-12-28,29-13-17-31(48-5)18-14-29)30-15-19-32(49-6)20-16-30/h7-9,11-21,24,26-27,33,35-37H,10,23,25H2,1-6H3,(H,42,45,46)/t33-,35-,36-,37-/m1/s1. The smallest absolute Gasteiger partial charge is 0.330 e. The normalized spacial score (nSPS) is 19.2. The minimum atomic E-state index is -3.40. The monoisotopic (exact) mass is 732 g/mol. The van der Waals surface area contributed by atoms with Crippen molar-refractivity contribution in [1.29, 1.82) is 5.26 Å². The first kappa shape index (κ1) is 38.7. The van der Waals surface area contributed by atoms with E-state index in [-0.39, 0.29) is 19.6 Å². The van der Waals surface area contributed by atoms with Crippen LogP contribution in [0.25, 0.3) is 0 Å². The van der Waals surface area contributed by atoms with Crippen molar-refractivity contribution in [2.24, 2.45) is 0 Å². The lowest BCUT2D eigenvalue weighted by Crippen LogP contribution is -2.48. The number of methoxy groups -OCH3 is 2. The van der Waals surface area contributed by atoms with Gasteiger partial charge in [0.25, 0.3) is 5.56 Å². The zero-order valence-corrected chi connectivity index (χ0v) is 31.2. The van der Waals surface area contributed by atoms with Crippen LogP contribution in [0, 0.1) is 11.3 Å². The molecule has 1 aliphatic rings. The highest BCUT2D eigenvalue weighted by Crippen LogP contribution is 2.61. The van der Waals surface area contributed by atoms with Crippen molar-refractivity contribution in [2.75, 3.05) is 27.4 Å². The van der Waals surface area contributed by atoms with Gasteiger partial charge in [0.1, 0.15) is 29.4 Å². The Morgan fingerprint density at radius 3 is 1.92 bits per heavy atom. The number of benzene rings is 3. The molecule has 5 rings (SSSR count). The summed E-state index contributed by atoms with van der Waals surface area (Å²) in [7, 11) is -0.240. The third-order valence-corrected chi connectivity index (χ3v) is 14.0. The Morgan fingerprint density at radius 1 is 0.904 bits per heavy atom. The van der Waals surface area contributed by atoms with Gasteiger partial charge >= 0.3 is 5.69 Å². The Hall–Kier alpha value is -4.53. The fourth-order valence-electron chi connectivity index (χ4n) is 7.16. The maximum atomic E-state index is 17.4. The van der Waals surface area contributed by atoms with Crippen LogP contribution in [0.15, 0.2) is 101 Å². The number of halogens is 1. The molecule has 13 heteroatoms. The van der Waals surface area contributed by atoms with E-state index in [4.69, 9.17) is 18.9 Å². The van der Waals surface area contributed by atoms with E-state index < -0.39 is 60.0 Å². The third-order valence-electron chi connectivity index (χ3n) is 9.73. The van der Waals surface area contributed by atoms with Crippen LogP contribution in [0.4, 0.5) is 4.39 Å². The van der Waals surface area contributed by atoms with Crippen LogP contribution in [0.1, 0.15) is 57.0 Å². The molecule has 11 nitrogen and oxygen atoms in total. The van der Waals surface area contributed by atoms with Gasteiger partial charge in [0.05, 0.1) is 32.9 Å². The molecular formula is C39H46FN4O7P. The molecule has 1 aliphatic heterocycles. The molecule has 276 valence electrons. The Bertz CT molecular complexity index is 1940. The first-order chi connectivity index (χ1) is 24.9. The number of hydrogen-bond acceptors (Lipinski definition) is 8. The first-order valence-electron chi connectivity index (χ1n) is 17.2. The number of nitrogens with zero attached hydrogens (tertiary/aromatic N) is 3. The summed E-state index contributed by atoms with van der Waals surface area (Å²) in [5.74, 6) is 1.27. The molecule has 1 fully saturated rings. The van der Waals surface area contributed by atoms with E-state index in [9.17, 15) is 19.4 Å². The van der Waals surface area contributed by atoms with Crippen LogP contribution in [-0.2, 0) is 19.6 Å². The van der Waals surface area contributed by atoms with Crippen molar-refractivity contribution < 1.29 is 27.9 Å². The lowest BCUT2D eigenvalue weighted by molar-refractivity contribution is -0.0885. The summed E-state index contributed by atoms with van der Waals surface area (Å²) in [6, 6.07) is 26.3. The molecule has 1 aromatic heterocycles. The predicted octanol–water partition coefficient (Wildman–Crippen LogP) is 6.48. The lowest BCUT2D eigenvalue weighted by atomic mass is 9.80. The van der Waals surface area contributed by atoms with Gasteiger partial charge < -0.3 is 23.5 Å². The van der Waals surface area contributed by atoms with Gasteiger partial charge in [-0.2, -0.15) is 5.26 Å². The first-order valence-corrected chi connectivity index (χ1v) is 19.0. The quantitative estimate of drug-likeness (QED) is 0.108. The number of aromatic amines is 1. The van der Waals surface area contributed by atoms with Crippen molar-refractivity contribution in [3.05, 3.63) is 129 Å². The number of ether oxygens (including phenoxy) is 4. The van der Waals surface area contributed by atoms with E-state index in [1.807, 2.05) is 107 Å². The highest BCUT2D eigenvalue weighted by Gasteiger charge is 2.55. The van der Waals surface area contributed by atoms with Crippen LogP contribution in [0.2, 0.25) is 0 Å².